The largest absolute Gasteiger partial charge is 0.494 e. The molecule has 1 unspecified atom stereocenters. The molecule has 0 aliphatic carbocycles. The third kappa shape index (κ3) is 4.61. The number of anilines is 1. The first-order valence-electron chi connectivity index (χ1n) is 10.1. The molecule has 30 heavy (non-hydrogen) atoms. The topological polar surface area (TPSA) is 43.4 Å². The van der Waals surface area contributed by atoms with Crippen molar-refractivity contribution in [2.24, 2.45) is 0 Å². The first-order chi connectivity index (χ1) is 14.7. The van der Waals surface area contributed by atoms with Crippen LogP contribution in [0.2, 0.25) is 0 Å². The maximum atomic E-state index is 6.09. The molecule has 0 spiro atoms. The lowest BCUT2D eigenvalue weighted by Crippen LogP contribution is -2.17. The number of hydrogen-bond donors (Lipinski definition) is 1. The van der Waals surface area contributed by atoms with Crippen LogP contribution in [0.15, 0.2) is 84.9 Å². The number of aryl methyl sites for hydroxylation is 1. The van der Waals surface area contributed by atoms with Crippen LogP contribution in [0.3, 0.4) is 0 Å². The van der Waals surface area contributed by atoms with Crippen LogP contribution in [0, 0.1) is 6.92 Å². The fourth-order valence-corrected chi connectivity index (χ4v) is 3.60. The number of rotatable bonds is 8. The Hall–Kier alpha value is -3.37. The Labute approximate surface area is 177 Å². The summed E-state index contributed by atoms with van der Waals surface area (Å²) in [5.74, 6) is 0.774. The number of para-hydroxylation sites is 1. The van der Waals surface area contributed by atoms with Crippen LogP contribution in [0.4, 0.5) is 5.69 Å². The summed E-state index contributed by atoms with van der Waals surface area (Å²) in [6, 6.07) is 28.7. The predicted octanol–water partition coefficient (Wildman–Crippen LogP) is 5.92. The molecule has 4 nitrogen and oxygen atoms in total. The van der Waals surface area contributed by atoms with Crippen molar-refractivity contribution in [2.45, 2.75) is 19.6 Å². The Morgan fingerprint density at radius 3 is 2.37 bits per heavy atom. The normalized spacial score (nSPS) is 11.9. The van der Waals surface area contributed by atoms with E-state index in [4.69, 9.17) is 14.5 Å². The standard InChI is InChI=1S/C26H26N2O2/c1-19-16-23(22-14-9-15-25(29-2)26(22)27-19)28-24(21-12-7-4-8-13-21)18-30-17-20-10-5-3-6-11-20/h3-16,24H,17-18H2,1-2H3,(H,27,28). The van der Waals surface area contributed by atoms with Crippen molar-refractivity contribution in [1.82, 2.24) is 4.98 Å². The van der Waals surface area contributed by atoms with Gasteiger partial charge >= 0.3 is 0 Å². The minimum absolute atomic E-state index is 0.00566. The molecule has 0 aliphatic rings. The first-order valence-corrected chi connectivity index (χ1v) is 10.1. The molecule has 1 N–H and O–H groups in total. The van der Waals surface area contributed by atoms with Crippen LogP contribution in [-0.2, 0) is 11.3 Å². The van der Waals surface area contributed by atoms with Gasteiger partial charge in [0.05, 0.1) is 26.4 Å². The molecular formula is C26H26N2O2. The van der Waals surface area contributed by atoms with Gasteiger partial charge in [0.1, 0.15) is 11.3 Å². The summed E-state index contributed by atoms with van der Waals surface area (Å²) in [6.45, 7) is 3.13. The van der Waals surface area contributed by atoms with E-state index >= 15 is 0 Å². The fraction of sp³-hybridized carbons (Fsp3) is 0.192. The van der Waals surface area contributed by atoms with Gasteiger partial charge in [-0.15, -0.1) is 0 Å². The third-order valence-corrected chi connectivity index (χ3v) is 5.08. The van der Waals surface area contributed by atoms with Crippen molar-refractivity contribution in [3.63, 3.8) is 0 Å². The molecule has 1 aromatic heterocycles. The van der Waals surface area contributed by atoms with Crippen LogP contribution < -0.4 is 10.1 Å². The summed E-state index contributed by atoms with van der Waals surface area (Å²) in [5.41, 5.74) is 5.16. The van der Waals surface area contributed by atoms with E-state index in [1.54, 1.807) is 7.11 Å². The highest BCUT2D eigenvalue weighted by molar-refractivity contribution is 5.95. The molecule has 0 bridgehead atoms. The highest BCUT2D eigenvalue weighted by Gasteiger charge is 2.15. The number of benzene rings is 3. The molecule has 1 heterocycles. The number of fused-ring (bicyclic) bond motifs is 1. The van der Waals surface area contributed by atoms with Crippen molar-refractivity contribution < 1.29 is 9.47 Å². The van der Waals surface area contributed by atoms with Crippen LogP contribution in [0.1, 0.15) is 22.9 Å². The van der Waals surface area contributed by atoms with E-state index in [1.807, 2.05) is 43.3 Å². The Bertz CT molecular complexity index is 1100. The van der Waals surface area contributed by atoms with Gasteiger partial charge in [0.15, 0.2) is 0 Å². The molecule has 0 fully saturated rings. The van der Waals surface area contributed by atoms with Crippen molar-refractivity contribution in [3.8, 4) is 5.75 Å². The number of nitrogens with one attached hydrogen (secondary N) is 1. The van der Waals surface area contributed by atoms with Gasteiger partial charge in [0, 0.05) is 16.8 Å². The summed E-state index contributed by atoms with van der Waals surface area (Å²) in [5, 5.41) is 4.73. The quantitative estimate of drug-likeness (QED) is 0.400. The second-order valence-electron chi connectivity index (χ2n) is 7.28. The number of ether oxygens (including phenoxy) is 2. The lowest BCUT2D eigenvalue weighted by Gasteiger charge is -2.22. The Morgan fingerprint density at radius 1 is 0.900 bits per heavy atom. The molecule has 0 radical (unpaired) electrons. The third-order valence-electron chi connectivity index (χ3n) is 5.08. The highest BCUT2D eigenvalue weighted by Crippen LogP contribution is 2.32. The minimum atomic E-state index is 0.00566. The van der Waals surface area contributed by atoms with Crippen molar-refractivity contribution in [3.05, 3.63) is 102 Å². The average Bonchev–Trinajstić information content (AvgIpc) is 2.79. The molecule has 3 aromatic carbocycles. The monoisotopic (exact) mass is 398 g/mol. The van der Waals surface area contributed by atoms with Gasteiger partial charge in [-0.3, -0.25) is 0 Å². The zero-order chi connectivity index (χ0) is 20.8. The fourth-order valence-electron chi connectivity index (χ4n) is 3.60. The van der Waals surface area contributed by atoms with Crippen LogP contribution in [-0.4, -0.2) is 18.7 Å². The van der Waals surface area contributed by atoms with Gasteiger partial charge in [-0.1, -0.05) is 72.8 Å². The molecule has 0 saturated carbocycles. The summed E-state index contributed by atoms with van der Waals surface area (Å²) in [4.78, 5) is 4.69. The Morgan fingerprint density at radius 2 is 1.63 bits per heavy atom. The molecule has 0 amide bonds. The Kier molecular flexibility index (Phi) is 6.26. The number of pyridine rings is 1. The molecule has 1 atom stereocenters. The van der Waals surface area contributed by atoms with E-state index in [0.717, 1.165) is 28.0 Å². The van der Waals surface area contributed by atoms with Crippen molar-refractivity contribution >= 4 is 16.6 Å². The molecule has 0 saturated heterocycles. The number of aromatic nitrogens is 1. The van der Waals surface area contributed by atoms with Gasteiger partial charge in [0.2, 0.25) is 0 Å². The van der Waals surface area contributed by atoms with Crippen LogP contribution >= 0.6 is 0 Å². The maximum Gasteiger partial charge on any atom is 0.145 e. The van der Waals surface area contributed by atoms with E-state index in [9.17, 15) is 0 Å². The van der Waals surface area contributed by atoms with Gasteiger partial charge in [-0.05, 0) is 30.2 Å². The summed E-state index contributed by atoms with van der Waals surface area (Å²) >= 11 is 0. The summed E-state index contributed by atoms with van der Waals surface area (Å²) in [6.07, 6.45) is 0. The van der Waals surface area contributed by atoms with E-state index in [-0.39, 0.29) is 6.04 Å². The second-order valence-corrected chi connectivity index (χ2v) is 7.28. The smallest absolute Gasteiger partial charge is 0.145 e. The van der Waals surface area contributed by atoms with Gasteiger partial charge in [-0.2, -0.15) is 0 Å². The second kappa shape index (κ2) is 9.42. The molecule has 0 aliphatic heterocycles. The zero-order valence-corrected chi connectivity index (χ0v) is 17.3. The SMILES string of the molecule is COc1cccc2c(NC(COCc3ccccc3)c3ccccc3)cc(C)nc12. The zero-order valence-electron chi connectivity index (χ0n) is 17.3. The Balaban J connectivity index is 1.62. The molecule has 4 aromatic rings. The lowest BCUT2D eigenvalue weighted by atomic mass is 10.1. The van der Waals surface area contributed by atoms with Crippen LogP contribution in [0.5, 0.6) is 5.75 Å². The maximum absolute atomic E-state index is 6.09. The lowest BCUT2D eigenvalue weighted by molar-refractivity contribution is 0.112. The average molecular weight is 399 g/mol. The molecule has 4 rings (SSSR count). The minimum Gasteiger partial charge on any atom is -0.494 e. The van der Waals surface area contributed by atoms with Gasteiger partial charge < -0.3 is 14.8 Å². The van der Waals surface area contributed by atoms with Crippen molar-refractivity contribution in [1.29, 1.82) is 0 Å². The van der Waals surface area contributed by atoms with Crippen LogP contribution in [0.25, 0.3) is 10.9 Å². The van der Waals surface area contributed by atoms with E-state index in [1.165, 1.54) is 11.1 Å². The molecule has 152 valence electrons. The number of nitrogens with zero attached hydrogens (tertiary/aromatic N) is 1. The first kappa shape index (κ1) is 19.9. The van der Waals surface area contributed by atoms with Gasteiger partial charge in [0.25, 0.3) is 0 Å². The number of methoxy groups -OCH3 is 1. The van der Waals surface area contributed by atoms with Crippen molar-refractivity contribution in [2.75, 3.05) is 19.0 Å². The predicted molar refractivity (Wildman–Crippen MR) is 122 cm³/mol. The highest BCUT2D eigenvalue weighted by atomic mass is 16.5. The molecular weight excluding hydrogens is 372 g/mol. The number of hydrogen-bond acceptors (Lipinski definition) is 4. The summed E-state index contributed by atoms with van der Waals surface area (Å²) in [7, 11) is 1.68. The molecule has 4 heteroatoms. The summed E-state index contributed by atoms with van der Waals surface area (Å²) < 4.78 is 11.6. The van der Waals surface area contributed by atoms with Gasteiger partial charge in [-0.25, -0.2) is 4.98 Å². The van der Waals surface area contributed by atoms with E-state index < -0.39 is 0 Å². The van der Waals surface area contributed by atoms with E-state index in [0.29, 0.717) is 13.2 Å². The van der Waals surface area contributed by atoms with E-state index in [2.05, 4.69) is 53.8 Å².